The summed E-state index contributed by atoms with van der Waals surface area (Å²) in [5, 5.41) is 9.11. The number of rotatable bonds is 2. The Hall–Kier alpha value is -1.30. The van der Waals surface area contributed by atoms with Gasteiger partial charge in [-0.15, -0.1) is 13.2 Å². The minimum Gasteiger partial charge on any atom is -0.404 e. The molecule has 1 heterocycles. The summed E-state index contributed by atoms with van der Waals surface area (Å²) < 4.78 is 40.1. The molecule has 0 atom stereocenters. The zero-order chi connectivity index (χ0) is 11.8. The molecule has 0 bridgehead atoms. The van der Waals surface area contributed by atoms with Crippen LogP contribution in [0.1, 0.15) is 24.5 Å². The summed E-state index contributed by atoms with van der Waals surface area (Å²) >= 11 is 0. The molecule has 2 rings (SSSR count). The summed E-state index contributed by atoms with van der Waals surface area (Å²) in [7, 11) is 0. The van der Waals surface area contributed by atoms with Crippen LogP contribution in [0.25, 0.3) is 0 Å². The van der Waals surface area contributed by atoms with Gasteiger partial charge in [-0.05, 0) is 25.0 Å². The third-order valence-electron chi connectivity index (χ3n) is 2.53. The van der Waals surface area contributed by atoms with Crippen LogP contribution in [0.4, 0.5) is 13.2 Å². The second-order valence-corrected chi connectivity index (χ2v) is 3.76. The van der Waals surface area contributed by atoms with Crippen LogP contribution in [0.3, 0.4) is 0 Å². The van der Waals surface area contributed by atoms with Crippen LogP contribution in [-0.4, -0.2) is 22.6 Å². The first-order valence-electron chi connectivity index (χ1n) is 4.84. The molecule has 1 fully saturated rings. The predicted molar refractivity (Wildman–Crippen MR) is 48.9 cm³/mol. The van der Waals surface area contributed by atoms with Crippen molar-refractivity contribution >= 4 is 0 Å². The summed E-state index contributed by atoms with van der Waals surface area (Å²) in [6, 6.07) is 2.63. The van der Waals surface area contributed by atoms with Gasteiger partial charge in [0.05, 0.1) is 11.8 Å². The van der Waals surface area contributed by atoms with Crippen molar-refractivity contribution in [2.24, 2.45) is 0 Å². The number of halogens is 3. The van der Waals surface area contributed by atoms with Gasteiger partial charge in [0.1, 0.15) is 0 Å². The fourth-order valence-electron chi connectivity index (χ4n) is 1.73. The molecule has 16 heavy (non-hydrogen) atoms. The van der Waals surface area contributed by atoms with Gasteiger partial charge in [0.15, 0.2) is 5.75 Å². The van der Waals surface area contributed by atoms with Gasteiger partial charge < -0.3 is 9.84 Å². The molecular formula is C10H10F3NO2. The molecule has 1 N–H and O–H groups in total. The van der Waals surface area contributed by atoms with Crippen molar-refractivity contribution in [3.05, 3.63) is 24.0 Å². The normalized spacial score (nSPS) is 25.0. The summed E-state index contributed by atoms with van der Waals surface area (Å²) in [5.74, 6) is -0.416. The van der Waals surface area contributed by atoms with Gasteiger partial charge in [-0.25, -0.2) is 0 Å². The van der Waals surface area contributed by atoms with E-state index in [-0.39, 0.29) is 17.4 Å². The standard InChI is InChI=1S/C10H10F3NO2/c11-10(12,13)16-8-2-1-3-14-9(8)6-4-7(15)5-6/h1-3,6-7,15H,4-5H2. The maximum Gasteiger partial charge on any atom is 0.573 e. The van der Waals surface area contributed by atoms with Crippen LogP contribution in [0.15, 0.2) is 18.3 Å². The van der Waals surface area contributed by atoms with E-state index < -0.39 is 12.5 Å². The second kappa shape index (κ2) is 3.93. The van der Waals surface area contributed by atoms with Crippen LogP contribution >= 0.6 is 0 Å². The zero-order valence-electron chi connectivity index (χ0n) is 8.24. The summed E-state index contributed by atoms with van der Waals surface area (Å²) in [4.78, 5) is 3.88. The van der Waals surface area contributed by atoms with Crippen molar-refractivity contribution in [1.82, 2.24) is 4.98 Å². The lowest BCUT2D eigenvalue weighted by atomic mass is 9.79. The fraction of sp³-hybridized carbons (Fsp3) is 0.500. The van der Waals surface area contributed by atoms with Gasteiger partial charge in [0.2, 0.25) is 0 Å². The zero-order valence-corrected chi connectivity index (χ0v) is 8.24. The second-order valence-electron chi connectivity index (χ2n) is 3.76. The molecule has 1 aliphatic carbocycles. The van der Waals surface area contributed by atoms with E-state index in [2.05, 4.69) is 9.72 Å². The highest BCUT2D eigenvalue weighted by Gasteiger charge is 2.36. The average Bonchev–Trinajstić information content (AvgIpc) is 2.12. The lowest BCUT2D eigenvalue weighted by Gasteiger charge is -2.31. The van der Waals surface area contributed by atoms with E-state index in [0.717, 1.165) is 0 Å². The Morgan fingerprint density at radius 2 is 2.06 bits per heavy atom. The molecule has 1 saturated carbocycles. The number of aliphatic hydroxyl groups excluding tert-OH is 1. The lowest BCUT2D eigenvalue weighted by molar-refractivity contribution is -0.275. The number of alkyl halides is 3. The molecule has 0 aromatic carbocycles. The molecule has 0 radical (unpaired) electrons. The van der Waals surface area contributed by atoms with Crippen LogP contribution in [0, 0.1) is 0 Å². The number of aromatic nitrogens is 1. The van der Waals surface area contributed by atoms with Crippen molar-refractivity contribution in [1.29, 1.82) is 0 Å². The summed E-state index contributed by atoms with van der Waals surface area (Å²) in [5.41, 5.74) is 0.269. The molecule has 0 unspecified atom stereocenters. The first kappa shape index (κ1) is 11.2. The van der Waals surface area contributed by atoms with Crippen molar-refractivity contribution in [2.45, 2.75) is 31.2 Å². The van der Waals surface area contributed by atoms with E-state index in [1.165, 1.54) is 18.3 Å². The predicted octanol–water partition coefficient (Wildman–Crippen LogP) is 2.22. The summed E-state index contributed by atoms with van der Waals surface area (Å²) in [6.07, 6.45) is -2.86. The Morgan fingerprint density at radius 3 is 2.62 bits per heavy atom. The maximum atomic E-state index is 12.1. The molecule has 0 aliphatic heterocycles. The fourth-order valence-corrected chi connectivity index (χ4v) is 1.73. The highest BCUT2D eigenvalue weighted by atomic mass is 19.4. The van der Waals surface area contributed by atoms with E-state index in [0.29, 0.717) is 12.8 Å². The molecule has 0 amide bonds. The topological polar surface area (TPSA) is 42.4 Å². The molecule has 3 nitrogen and oxygen atoms in total. The SMILES string of the molecule is OC1CC(c2ncccc2OC(F)(F)F)C1. The first-order valence-corrected chi connectivity index (χ1v) is 4.84. The van der Waals surface area contributed by atoms with Crippen LogP contribution < -0.4 is 4.74 Å². The van der Waals surface area contributed by atoms with Gasteiger partial charge >= 0.3 is 6.36 Å². The van der Waals surface area contributed by atoms with Crippen molar-refractivity contribution in [3.8, 4) is 5.75 Å². The van der Waals surface area contributed by atoms with Crippen LogP contribution in [0.2, 0.25) is 0 Å². The number of nitrogens with zero attached hydrogens (tertiary/aromatic N) is 1. The molecule has 0 saturated heterocycles. The van der Waals surface area contributed by atoms with E-state index in [4.69, 9.17) is 5.11 Å². The van der Waals surface area contributed by atoms with Gasteiger partial charge in [-0.1, -0.05) is 0 Å². The molecule has 1 aliphatic rings. The third-order valence-corrected chi connectivity index (χ3v) is 2.53. The van der Waals surface area contributed by atoms with Crippen molar-refractivity contribution < 1.29 is 23.0 Å². The Balaban J connectivity index is 2.18. The number of hydrogen-bond acceptors (Lipinski definition) is 3. The number of hydrogen-bond donors (Lipinski definition) is 1. The van der Waals surface area contributed by atoms with Crippen molar-refractivity contribution in [3.63, 3.8) is 0 Å². The van der Waals surface area contributed by atoms with Crippen LogP contribution in [0.5, 0.6) is 5.75 Å². The Kier molecular flexibility index (Phi) is 2.75. The Morgan fingerprint density at radius 1 is 1.38 bits per heavy atom. The first-order chi connectivity index (χ1) is 7.46. The van der Waals surface area contributed by atoms with Gasteiger partial charge in [0.25, 0.3) is 0 Å². The molecule has 1 aromatic heterocycles. The Bertz CT molecular complexity index is 375. The lowest BCUT2D eigenvalue weighted by Crippen LogP contribution is -2.28. The van der Waals surface area contributed by atoms with E-state index in [9.17, 15) is 13.2 Å². The average molecular weight is 233 g/mol. The van der Waals surface area contributed by atoms with E-state index >= 15 is 0 Å². The number of aliphatic hydroxyl groups is 1. The largest absolute Gasteiger partial charge is 0.573 e. The van der Waals surface area contributed by atoms with E-state index in [1.54, 1.807) is 0 Å². The smallest absolute Gasteiger partial charge is 0.404 e. The van der Waals surface area contributed by atoms with E-state index in [1.807, 2.05) is 0 Å². The summed E-state index contributed by atoms with van der Waals surface area (Å²) in [6.45, 7) is 0. The number of ether oxygens (including phenoxy) is 1. The highest BCUT2D eigenvalue weighted by molar-refractivity contribution is 5.31. The quantitative estimate of drug-likeness (QED) is 0.851. The minimum absolute atomic E-state index is 0.145. The van der Waals surface area contributed by atoms with Gasteiger partial charge in [0, 0.05) is 12.1 Å². The highest BCUT2D eigenvalue weighted by Crippen LogP contribution is 2.40. The molecule has 0 spiro atoms. The minimum atomic E-state index is -4.71. The van der Waals surface area contributed by atoms with Gasteiger partial charge in [-0.2, -0.15) is 0 Å². The van der Waals surface area contributed by atoms with Crippen LogP contribution in [-0.2, 0) is 0 Å². The molecular weight excluding hydrogens is 223 g/mol. The third kappa shape index (κ3) is 2.44. The molecule has 88 valence electrons. The number of pyridine rings is 1. The van der Waals surface area contributed by atoms with Gasteiger partial charge in [-0.3, -0.25) is 4.98 Å². The monoisotopic (exact) mass is 233 g/mol. The molecule has 6 heteroatoms. The Labute approximate surface area is 89.9 Å². The molecule has 1 aromatic rings. The maximum absolute atomic E-state index is 12.1. The van der Waals surface area contributed by atoms with Crippen molar-refractivity contribution in [2.75, 3.05) is 0 Å².